The van der Waals surface area contributed by atoms with Crippen LogP contribution in [0.25, 0.3) is 10.2 Å². The van der Waals surface area contributed by atoms with Crippen molar-refractivity contribution in [2.24, 2.45) is 0 Å². The van der Waals surface area contributed by atoms with E-state index in [1.54, 1.807) is 7.11 Å². The van der Waals surface area contributed by atoms with Gasteiger partial charge in [-0.1, -0.05) is 46.7 Å². The number of hydrogen-bond donors (Lipinski definition) is 0. The smallest absolute Gasteiger partial charge is 0.310 e. The van der Waals surface area contributed by atoms with E-state index in [9.17, 15) is 10.0 Å². The number of benzene rings is 1. The summed E-state index contributed by atoms with van der Waals surface area (Å²) >= 11 is 5.14. The SMILES string of the molecule is CCCC(Br)Cc1ccc2nc([N+]3([O-])CN(C)CC3OC(=O)CCCOC)sc2c1. The summed E-state index contributed by atoms with van der Waals surface area (Å²) in [6.45, 7) is 3.27. The first kappa shape index (κ1) is 23.6. The maximum Gasteiger partial charge on any atom is 0.310 e. The maximum atomic E-state index is 13.8. The van der Waals surface area contributed by atoms with Crippen LogP contribution in [0.4, 0.5) is 5.13 Å². The highest BCUT2D eigenvalue weighted by atomic mass is 79.9. The molecule has 2 aromatic rings. The Hall–Kier alpha value is -1.10. The van der Waals surface area contributed by atoms with E-state index in [2.05, 4.69) is 40.0 Å². The largest absolute Gasteiger partial charge is 0.622 e. The Balaban J connectivity index is 1.78. The van der Waals surface area contributed by atoms with Gasteiger partial charge < -0.3 is 14.7 Å². The first-order chi connectivity index (χ1) is 14.4. The zero-order chi connectivity index (χ0) is 21.7. The van der Waals surface area contributed by atoms with Crippen molar-refractivity contribution >= 4 is 48.6 Å². The molecule has 0 bridgehead atoms. The monoisotopic (exact) mass is 499 g/mol. The fraction of sp³-hybridized carbons (Fsp3) is 0.619. The number of aromatic nitrogens is 1. The summed E-state index contributed by atoms with van der Waals surface area (Å²) < 4.78 is 10.8. The molecule has 3 unspecified atom stereocenters. The fourth-order valence-corrected chi connectivity index (χ4v) is 5.63. The molecule has 2 heterocycles. The molecule has 7 nitrogen and oxygen atoms in total. The van der Waals surface area contributed by atoms with Crippen LogP contribution >= 0.6 is 27.3 Å². The Morgan fingerprint density at radius 3 is 3.03 bits per heavy atom. The van der Waals surface area contributed by atoms with E-state index in [4.69, 9.17) is 9.47 Å². The molecule has 0 amide bonds. The van der Waals surface area contributed by atoms with Gasteiger partial charge in [-0.2, -0.15) is 4.98 Å². The second-order valence-corrected chi connectivity index (χ2v) is 10.2. The molecule has 0 radical (unpaired) electrons. The second-order valence-electron chi connectivity index (χ2n) is 7.91. The van der Waals surface area contributed by atoms with Crippen LogP contribution in [0.3, 0.4) is 0 Å². The summed E-state index contributed by atoms with van der Waals surface area (Å²) in [6, 6.07) is 6.18. The normalized spacial score (nSPS) is 23.2. The van der Waals surface area contributed by atoms with Crippen LogP contribution in [-0.4, -0.2) is 60.9 Å². The molecular weight excluding hydrogens is 470 g/mol. The first-order valence-electron chi connectivity index (χ1n) is 10.4. The van der Waals surface area contributed by atoms with E-state index < -0.39 is 10.9 Å². The van der Waals surface area contributed by atoms with Crippen molar-refractivity contribution in [2.75, 3.05) is 34.0 Å². The second kappa shape index (κ2) is 10.5. The number of methoxy groups -OCH3 is 1. The molecule has 0 N–H and O–H groups in total. The molecule has 166 valence electrons. The van der Waals surface area contributed by atoms with Crippen LogP contribution in [0.1, 0.15) is 38.2 Å². The highest BCUT2D eigenvalue weighted by Gasteiger charge is 2.44. The van der Waals surface area contributed by atoms with Crippen molar-refractivity contribution in [1.29, 1.82) is 0 Å². The Morgan fingerprint density at radius 1 is 1.50 bits per heavy atom. The number of hydrogen-bond acceptors (Lipinski definition) is 7. The molecule has 3 atom stereocenters. The zero-order valence-corrected chi connectivity index (χ0v) is 20.2. The van der Waals surface area contributed by atoms with Gasteiger partial charge >= 0.3 is 5.97 Å². The van der Waals surface area contributed by atoms with Crippen molar-refractivity contribution in [1.82, 2.24) is 14.5 Å². The number of thiazole rings is 1. The van der Waals surface area contributed by atoms with Crippen molar-refractivity contribution in [3.05, 3.63) is 29.0 Å². The number of likely N-dealkylation sites (N-methyl/N-ethyl adjacent to an activating group) is 1. The standard InChI is InChI=1S/C21H30BrN3O4S/c1-4-6-16(22)11-15-8-9-17-18(12-15)30-21(23-17)25(27)14-24(2)13-19(25)29-20(26)7-5-10-28-3/h8-9,12,16,19H,4-7,10-11,13-14H2,1-3H3. The lowest BCUT2D eigenvalue weighted by molar-refractivity contribution is -0.153. The Bertz CT molecular complexity index is 864. The lowest BCUT2D eigenvalue weighted by Gasteiger charge is -2.38. The maximum absolute atomic E-state index is 13.8. The average molecular weight is 500 g/mol. The summed E-state index contributed by atoms with van der Waals surface area (Å²) in [5, 5.41) is 14.2. The molecule has 3 rings (SSSR count). The number of quaternary nitrogens is 1. The minimum absolute atomic E-state index is 0.211. The van der Waals surface area contributed by atoms with Gasteiger partial charge in [0, 0.05) is 25.0 Å². The lowest BCUT2D eigenvalue weighted by atomic mass is 10.1. The van der Waals surface area contributed by atoms with Crippen LogP contribution in [0.5, 0.6) is 0 Å². The molecule has 9 heteroatoms. The summed E-state index contributed by atoms with van der Waals surface area (Å²) in [7, 11) is 3.45. The van der Waals surface area contributed by atoms with Gasteiger partial charge in [0.05, 0.1) is 16.8 Å². The Kier molecular flexibility index (Phi) is 8.23. The van der Waals surface area contributed by atoms with Gasteiger partial charge in [-0.05, 0) is 44.0 Å². The van der Waals surface area contributed by atoms with Gasteiger partial charge in [-0.15, -0.1) is 0 Å². The van der Waals surface area contributed by atoms with Gasteiger partial charge in [0.15, 0.2) is 0 Å². The molecule has 30 heavy (non-hydrogen) atoms. The van der Waals surface area contributed by atoms with E-state index in [0.29, 0.717) is 29.5 Å². The Labute approximate surface area is 190 Å². The number of halogens is 1. The number of fused-ring (bicyclic) bond motifs is 1. The predicted octanol–water partition coefficient (Wildman–Crippen LogP) is 4.41. The highest BCUT2D eigenvalue weighted by Crippen LogP contribution is 2.38. The first-order valence-corrected chi connectivity index (χ1v) is 12.1. The highest BCUT2D eigenvalue weighted by molar-refractivity contribution is 9.09. The molecule has 1 aliphatic rings. The number of ether oxygens (including phenoxy) is 2. The minimum Gasteiger partial charge on any atom is -0.622 e. The van der Waals surface area contributed by atoms with Gasteiger partial charge in [0.1, 0.15) is 6.67 Å². The van der Waals surface area contributed by atoms with Crippen LogP contribution in [0, 0.1) is 5.21 Å². The van der Waals surface area contributed by atoms with E-state index in [0.717, 1.165) is 29.5 Å². The van der Waals surface area contributed by atoms with Gasteiger partial charge in [-0.25, -0.2) is 4.90 Å². The fourth-order valence-electron chi connectivity index (χ4n) is 3.70. The average Bonchev–Trinajstić information content (AvgIpc) is 3.23. The third kappa shape index (κ3) is 5.57. The van der Waals surface area contributed by atoms with Crippen molar-refractivity contribution < 1.29 is 14.3 Å². The molecule has 1 aliphatic heterocycles. The number of hydroxylamine groups is 2. The van der Waals surface area contributed by atoms with E-state index >= 15 is 0 Å². The lowest BCUT2D eigenvalue weighted by Crippen LogP contribution is -2.50. The zero-order valence-electron chi connectivity index (χ0n) is 17.8. The van der Waals surface area contributed by atoms with Crippen LogP contribution in [0.2, 0.25) is 0 Å². The molecule has 1 fully saturated rings. The molecule has 0 aliphatic carbocycles. The van der Waals surface area contributed by atoms with Crippen molar-refractivity contribution in [2.45, 2.75) is 50.1 Å². The van der Waals surface area contributed by atoms with Crippen LogP contribution < -0.4 is 4.65 Å². The molecular formula is C21H30BrN3O4S. The molecule has 1 saturated heterocycles. The van der Waals surface area contributed by atoms with E-state index in [-0.39, 0.29) is 19.1 Å². The molecule has 0 spiro atoms. The van der Waals surface area contributed by atoms with Crippen LogP contribution in [-0.2, 0) is 20.7 Å². The van der Waals surface area contributed by atoms with E-state index in [1.165, 1.54) is 16.9 Å². The summed E-state index contributed by atoms with van der Waals surface area (Å²) in [5.74, 6) is -0.367. The third-order valence-corrected chi connectivity index (χ3v) is 7.12. The summed E-state index contributed by atoms with van der Waals surface area (Å²) in [6.07, 6.45) is 3.21. The number of esters is 1. The van der Waals surface area contributed by atoms with Gasteiger partial charge in [0.2, 0.25) is 0 Å². The predicted molar refractivity (Wildman–Crippen MR) is 125 cm³/mol. The number of nitrogens with zero attached hydrogens (tertiary/aromatic N) is 3. The Morgan fingerprint density at radius 2 is 2.30 bits per heavy atom. The van der Waals surface area contributed by atoms with Crippen molar-refractivity contribution in [3.63, 3.8) is 0 Å². The third-order valence-electron chi connectivity index (χ3n) is 5.21. The molecule has 1 aromatic heterocycles. The summed E-state index contributed by atoms with van der Waals surface area (Å²) in [4.78, 5) is 19.2. The van der Waals surface area contributed by atoms with Crippen LogP contribution in [0.15, 0.2) is 18.2 Å². The quantitative estimate of drug-likeness (QED) is 0.158. The molecule has 0 saturated carbocycles. The van der Waals surface area contributed by atoms with Gasteiger partial charge in [-0.3, -0.25) is 9.44 Å². The number of rotatable bonds is 10. The minimum atomic E-state index is -0.804. The topological polar surface area (TPSA) is 74.7 Å². The van der Waals surface area contributed by atoms with Gasteiger partial charge in [0.25, 0.3) is 11.4 Å². The van der Waals surface area contributed by atoms with E-state index in [1.807, 2.05) is 18.0 Å². The summed E-state index contributed by atoms with van der Waals surface area (Å²) in [5.41, 5.74) is 2.04. The molecule has 1 aromatic carbocycles. The van der Waals surface area contributed by atoms with Crippen molar-refractivity contribution in [3.8, 4) is 0 Å². The number of carbonyl (C=O) groups is 1. The number of carbonyl (C=O) groups excluding carboxylic acids is 1. The number of alkyl halides is 1.